The Kier molecular flexibility index (Phi) is 45.5. The number of aliphatic hydroxyl groups is 1. The van der Waals surface area contributed by atoms with Crippen LogP contribution >= 0.6 is 7.82 Å². The molecule has 0 rings (SSSR count). The summed E-state index contributed by atoms with van der Waals surface area (Å²) in [5, 5.41) is 21.9. The molecule has 11 nitrogen and oxygen atoms in total. The van der Waals surface area contributed by atoms with Crippen molar-refractivity contribution in [2.75, 3.05) is 19.8 Å². The third-order valence-electron chi connectivity index (χ3n) is 9.62. The molecule has 4 N–H and O–H groups in total. The van der Waals surface area contributed by atoms with Gasteiger partial charge in [0.15, 0.2) is 6.04 Å². The quantitative estimate of drug-likeness (QED) is 0.0200. The molecule has 0 spiro atoms. The fourth-order valence-corrected chi connectivity index (χ4v) is 6.62. The second-order valence-corrected chi connectivity index (χ2v) is 17.3. The summed E-state index contributed by atoms with van der Waals surface area (Å²) in [6.45, 7) is 2.29. The van der Waals surface area contributed by atoms with E-state index in [2.05, 4.69) is 159 Å². The van der Waals surface area contributed by atoms with E-state index in [1.807, 2.05) is 6.08 Å². The van der Waals surface area contributed by atoms with Crippen molar-refractivity contribution in [2.24, 2.45) is 0 Å². The first kappa shape index (κ1) is 63.4. The molecule has 0 radical (unpaired) electrons. The average molecular weight is 964 g/mol. The molecule has 0 aromatic heterocycles. The first-order chi connectivity index (χ1) is 33.1. The molecule has 0 fully saturated rings. The number of carboxylic acid groups (broad SMARTS) is 1. The molecule has 0 heterocycles. The highest BCUT2D eigenvalue weighted by atomic mass is 31.2. The van der Waals surface area contributed by atoms with Crippen LogP contribution in [-0.2, 0) is 32.7 Å². The van der Waals surface area contributed by atoms with Crippen LogP contribution in [0, 0.1) is 0 Å². The SMILES string of the molecule is CC/C=C\C/C=C\C/C=C\C/C=C\C/C=C\C/C=C\CCCCCCC(=O)OCC(O)COP(=O)(O)OCC(NC(=O)CCCC/C=C\C/C=C\C/C=C\C/C=C\C/C=C\C/C=C\CC)C(=O)O. The van der Waals surface area contributed by atoms with Crippen LogP contribution in [0.2, 0.25) is 0 Å². The lowest BCUT2D eigenvalue weighted by molar-refractivity contribution is -0.147. The topological polar surface area (TPSA) is 169 Å². The molecule has 1 amide bonds. The lowest BCUT2D eigenvalue weighted by Crippen LogP contribution is -2.43. The van der Waals surface area contributed by atoms with E-state index in [0.29, 0.717) is 12.8 Å². The third kappa shape index (κ3) is 47.8. The number of hydrogen-bond donors (Lipinski definition) is 4. The number of phosphoric ester groups is 1. The number of aliphatic hydroxyl groups excluding tert-OH is 1. The second kappa shape index (κ2) is 48.8. The van der Waals surface area contributed by atoms with Gasteiger partial charge in [-0.3, -0.25) is 18.6 Å². The van der Waals surface area contributed by atoms with Crippen LogP contribution in [0.25, 0.3) is 0 Å². The van der Waals surface area contributed by atoms with E-state index >= 15 is 0 Å². The fraction of sp³-hybridized carbons (Fsp3) is 0.518. The summed E-state index contributed by atoms with van der Waals surface area (Å²) in [4.78, 5) is 46.1. The van der Waals surface area contributed by atoms with E-state index in [9.17, 15) is 34.1 Å². The van der Waals surface area contributed by atoms with Gasteiger partial charge in [0.1, 0.15) is 12.7 Å². The molecule has 68 heavy (non-hydrogen) atoms. The predicted molar refractivity (Wildman–Crippen MR) is 281 cm³/mol. The number of amides is 1. The monoisotopic (exact) mass is 964 g/mol. The van der Waals surface area contributed by atoms with Crippen LogP contribution in [0.4, 0.5) is 0 Å². The predicted octanol–water partition coefficient (Wildman–Crippen LogP) is 13.9. The van der Waals surface area contributed by atoms with Crippen molar-refractivity contribution >= 4 is 25.7 Å². The van der Waals surface area contributed by atoms with Gasteiger partial charge in [-0.1, -0.05) is 173 Å². The lowest BCUT2D eigenvalue weighted by Gasteiger charge is -2.18. The third-order valence-corrected chi connectivity index (χ3v) is 10.6. The van der Waals surface area contributed by atoms with E-state index in [0.717, 1.165) is 116 Å². The summed E-state index contributed by atoms with van der Waals surface area (Å²) in [7, 11) is -4.79. The number of esters is 1. The van der Waals surface area contributed by atoms with Gasteiger partial charge in [0.25, 0.3) is 0 Å². The van der Waals surface area contributed by atoms with Gasteiger partial charge in [0, 0.05) is 12.8 Å². The van der Waals surface area contributed by atoms with Crippen molar-refractivity contribution in [1.82, 2.24) is 5.32 Å². The number of ether oxygens (including phenoxy) is 1. The van der Waals surface area contributed by atoms with Crippen LogP contribution in [-0.4, -0.2) is 64.9 Å². The van der Waals surface area contributed by atoms with E-state index in [1.165, 1.54) is 0 Å². The number of carbonyl (C=O) groups excluding carboxylic acids is 2. The Morgan fingerprint density at radius 1 is 0.471 bits per heavy atom. The molecule has 0 aromatic rings. The summed E-state index contributed by atoms with van der Waals surface area (Å²) >= 11 is 0. The molecule has 0 aromatic carbocycles. The zero-order valence-electron chi connectivity index (χ0n) is 41.3. The van der Waals surface area contributed by atoms with Crippen molar-refractivity contribution in [3.8, 4) is 0 Å². The molecule has 0 saturated carbocycles. The Morgan fingerprint density at radius 2 is 0.809 bits per heavy atom. The summed E-state index contributed by atoms with van der Waals surface area (Å²) in [6, 6.07) is -1.59. The van der Waals surface area contributed by atoms with E-state index in [-0.39, 0.29) is 12.8 Å². The summed E-state index contributed by atoms with van der Waals surface area (Å²) in [5.41, 5.74) is 0. The van der Waals surface area contributed by atoms with Gasteiger partial charge in [-0.25, -0.2) is 9.36 Å². The van der Waals surface area contributed by atoms with Gasteiger partial charge < -0.3 is 25.2 Å². The largest absolute Gasteiger partial charge is 0.480 e. The standard InChI is InChI=1S/C56H86NO10P/c1-3-5-7-9-11-13-15-17-19-21-23-25-26-28-30-32-34-36-38-40-42-44-46-48-55(60)65-49-52(58)50-66-68(63,64)67-51-53(56(61)62)57-54(59)47-45-43-41-39-37-35-33-31-29-27-24-22-20-18-16-14-12-10-8-6-4-2/h5-8,11-14,17-20,23-25,27-28,30-31,33-34,36-37,39,52-53,58H,3-4,9-10,15-16,21-22,26,29,32,35,38,40-51H2,1-2H3,(H,57,59)(H,61,62)(H,63,64)/b7-5-,8-6-,13-11-,14-12-,19-17-,20-18-,25-23-,27-24-,30-28-,33-31-,36-34-,39-37-. The summed E-state index contributed by atoms with van der Waals surface area (Å²) in [6.07, 6.45) is 68.7. The van der Waals surface area contributed by atoms with Gasteiger partial charge in [0.05, 0.1) is 13.2 Å². The van der Waals surface area contributed by atoms with Crippen LogP contribution in [0.1, 0.15) is 155 Å². The molecule has 0 aliphatic heterocycles. The van der Waals surface area contributed by atoms with Crippen LogP contribution < -0.4 is 5.32 Å². The van der Waals surface area contributed by atoms with Crippen LogP contribution in [0.15, 0.2) is 146 Å². The number of hydrogen-bond acceptors (Lipinski definition) is 8. The Balaban J connectivity index is 4.00. The van der Waals surface area contributed by atoms with Crippen molar-refractivity contribution in [1.29, 1.82) is 0 Å². The van der Waals surface area contributed by atoms with E-state index in [4.69, 9.17) is 13.8 Å². The normalized spacial score (nSPS) is 14.8. The molecule has 3 atom stereocenters. The number of phosphoric acid groups is 1. The molecular weight excluding hydrogens is 878 g/mol. The first-order valence-corrected chi connectivity index (χ1v) is 26.4. The Hall–Kier alpha value is -4.64. The number of rotatable bonds is 44. The van der Waals surface area contributed by atoms with Crippen LogP contribution in [0.5, 0.6) is 0 Å². The maximum Gasteiger partial charge on any atom is 0.472 e. The minimum absolute atomic E-state index is 0.0790. The second-order valence-electron chi connectivity index (χ2n) is 15.9. The number of unbranched alkanes of at least 4 members (excludes halogenated alkanes) is 6. The molecule has 0 aliphatic carbocycles. The molecule has 0 saturated heterocycles. The average Bonchev–Trinajstić information content (AvgIpc) is 3.32. The summed E-state index contributed by atoms with van der Waals surface area (Å²) < 4.78 is 26.9. The molecule has 380 valence electrons. The molecular formula is C56H86NO10P. The number of nitrogens with one attached hydrogen (secondary N) is 1. The number of aliphatic carboxylic acids is 1. The number of allylic oxidation sites excluding steroid dienone is 24. The van der Waals surface area contributed by atoms with Crippen molar-refractivity contribution < 1.29 is 47.8 Å². The number of carbonyl (C=O) groups is 3. The van der Waals surface area contributed by atoms with Crippen molar-refractivity contribution in [3.05, 3.63) is 146 Å². The Labute approximate surface area is 410 Å². The molecule has 0 bridgehead atoms. The zero-order chi connectivity index (χ0) is 49.9. The molecule has 3 unspecified atom stereocenters. The van der Waals surface area contributed by atoms with E-state index in [1.54, 1.807) is 0 Å². The maximum atomic E-state index is 12.3. The number of carboxylic acids is 1. The van der Waals surface area contributed by atoms with Gasteiger partial charge in [-0.05, 0) is 116 Å². The van der Waals surface area contributed by atoms with Crippen molar-refractivity contribution in [3.63, 3.8) is 0 Å². The van der Waals surface area contributed by atoms with Crippen molar-refractivity contribution in [2.45, 2.75) is 167 Å². The fourth-order valence-electron chi connectivity index (χ4n) is 5.85. The maximum absolute atomic E-state index is 12.3. The first-order valence-electron chi connectivity index (χ1n) is 24.9. The lowest BCUT2D eigenvalue weighted by atomic mass is 10.1. The zero-order valence-corrected chi connectivity index (χ0v) is 42.2. The van der Waals surface area contributed by atoms with Gasteiger partial charge in [-0.15, -0.1) is 0 Å². The van der Waals surface area contributed by atoms with Gasteiger partial charge in [0.2, 0.25) is 5.91 Å². The smallest absolute Gasteiger partial charge is 0.472 e. The molecule has 12 heteroatoms. The molecule has 0 aliphatic rings. The highest BCUT2D eigenvalue weighted by molar-refractivity contribution is 7.47. The Morgan fingerprint density at radius 3 is 1.21 bits per heavy atom. The van der Waals surface area contributed by atoms with Gasteiger partial charge in [-0.2, -0.15) is 0 Å². The van der Waals surface area contributed by atoms with Crippen LogP contribution in [0.3, 0.4) is 0 Å². The highest BCUT2D eigenvalue weighted by Crippen LogP contribution is 2.43. The summed E-state index contributed by atoms with van der Waals surface area (Å²) in [5.74, 6) is -2.48. The highest BCUT2D eigenvalue weighted by Gasteiger charge is 2.28. The Bertz CT molecular complexity index is 1700. The minimum Gasteiger partial charge on any atom is -0.480 e. The van der Waals surface area contributed by atoms with E-state index < -0.39 is 57.6 Å². The van der Waals surface area contributed by atoms with Gasteiger partial charge >= 0.3 is 19.8 Å². The minimum atomic E-state index is -4.79.